The molecule has 2 heterocycles. The number of hydrogen-bond donors (Lipinski definition) is 1. The maximum absolute atomic E-state index is 12.3. The smallest absolute Gasteiger partial charge is 0.289 e. The number of carbonyl (C=O) groups excluding carboxylic acids is 1. The highest BCUT2D eigenvalue weighted by atomic mass is 32.2. The van der Waals surface area contributed by atoms with E-state index in [4.69, 9.17) is 16.6 Å². The fourth-order valence-electron chi connectivity index (χ4n) is 2.62. The number of aliphatic imine (C=N–C) groups is 1. The second-order valence-electron chi connectivity index (χ2n) is 5.54. The van der Waals surface area contributed by atoms with E-state index in [1.54, 1.807) is 35.8 Å². The minimum Gasteiger partial charge on any atom is -0.459 e. The number of furan rings is 1. The first-order valence-electron chi connectivity index (χ1n) is 8.26. The molecular weight excluding hydrogens is 336 g/mol. The molecule has 1 aromatic heterocycles. The number of carbonyl (C=O) groups is 1. The van der Waals surface area contributed by atoms with Crippen molar-refractivity contribution >= 4 is 23.5 Å². The van der Waals surface area contributed by atoms with Crippen molar-refractivity contribution < 1.29 is 9.21 Å². The van der Waals surface area contributed by atoms with Crippen molar-refractivity contribution in [1.29, 1.82) is 0 Å². The van der Waals surface area contributed by atoms with Crippen LogP contribution in [0.5, 0.6) is 0 Å². The van der Waals surface area contributed by atoms with Crippen LogP contribution in [0.3, 0.4) is 0 Å². The Hall–Kier alpha value is -2.33. The van der Waals surface area contributed by atoms with Gasteiger partial charge in [0, 0.05) is 33.2 Å². The first kappa shape index (κ1) is 19.0. The lowest BCUT2D eigenvalue weighted by atomic mass is 10.2. The van der Waals surface area contributed by atoms with Gasteiger partial charge in [-0.3, -0.25) is 9.79 Å². The predicted octanol–water partition coefficient (Wildman–Crippen LogP) is 2.01. The summed E-state index contributed by atoms with van der Waals surface area (Å²) < 4.78 is 5.19. The quantitative estimate of drug-likeness (QED) is 0.494. The van der Waals surface area contributed by atoms with E-state index in [1.165, 1.54) is 6.26 Å². The zero-order valence-electron chi connectivity index (χ0n) is 14.7. The van der Waals surface area contributed by atoms with Crippen LogP contribution in [0.2, 0.25) is 0 Å². The highest BCUT2D eigenvalue weighted by Crippen LogP contribution is 2.19. The number of piperazine rings is 1. The molecule has 1 aliphatic heterocycles. The molecule has 0 saturated carbocycles. The van der Waals surface area contributed by atoms with Crippen LogP contribution in [-0.4, -0.2) is 60.5 Å². The third-order valence-electron chi connectivity index (χ3n) is 3.89. The Morgan fingerprint density at radius 2 is 2.08 bits per heavy atom. The Labute approximate surface area is 153 Å². The van der Waals surface area contributed by atoms with Gasteiger partial charge in [-0.1, -0.05) is 12.8 Å². The number of thioether (sulfide) groups is 1. The minimum absolute atomic E-state index is 0.0923. The summed E-state index contributed by atoms with van der Waals surface area (Å²) in [6.45, 7) is 4.56. The van der Waals surface area contributed by atoms with Gasteiger partial charge in [0.25, 0.3) is 5.91 Å². The maximum Gasteiger partial charge on any atom is 0.289 e. The van der Waals surface area contributed by atoms with Crippen molar-refractivity contribution in [3.63, 3.8) is 0 Å². The molecule has 0 aromatic carbocycles. The van der Waals surface area contributed by atoms with Gasteiger partial charge in [-0.2, -0.15) is 0 Å². The molecular formula is C18H24N4O2S. The Balaban J connectivity index is 2.04. The van der Waals surface area contributed by atoms with Crippen LogP contribution in [0.15, 0.2) is 38.4 Å². The van der Waals surface area contributed by atoms with Gasteiger partial charge >= 0.3 is 0 Å². The molecule has 25 heavy (non-hydrogen) atoms. The molecule has 1 aromatic rings. The van der Waals surface area contributed by atoms with Crippen LogP contribution >= 0.6 is 11.8 Å². The van der Waals surface area contributed by atoms with Crippen molar-refractivity contribution in [2.24, 2.45) is 10.7 Å². The lowest BCUT2D eigenvalue weighted by molar-refractivity contribution is 0.0660. The second-order valence-corrected chi connectivity index (χ2v) is 6.67. The number of nitrogens with zero attached hydrogens (tertiary/aromatic N) is 3. The first-order valence-corrected chi connectivity index (χ1v) is 9.25. The van der Waals surface area contributed by atoms with E-state index >= 15 is 0 Å². The summed E-state index contributed by atoms with van der Waals surface area (Å²) >= 11 is 1.55. The molecule has 0 unspecified atom stereocenters. The highest BCUT2D eigenvalue weighted by molar-refractivity contribution is 8.03. The highest BCUT2D eigenvalue weighted by Gasteiger charge is 2.26. The molecule has 2 N–H and O–H groups in total. The SMILES string of the molecule is C#C/C(C(=NC)N1CCN(C(=O)c2ccco2)CC1)=C(/N)SCCC. The van der Waals surface area contributed by atoms with E-state index in [1.807, 2.05) is 0 Å². The van der Waals surface area contributed by atoms with Gasteiger partial charge in [-0.15, -0.1) is 18.2 Å². The van der Waals surface area contributed by atoms with Gasteiger partial charge < -0.3 is 20.0 Å². The molecule has 1 aliphatic rings. The summed E-state index contributed by atoms with van der Waals surface area (Å²) in [6.07, 6.45) is 8.21. The number of hydrogen-bond acceptors (Lipinski definition) is 5. The molecule has 0 spiro atoms. The van der Waals surface area contributed by atoms with Gasteiger partial charge in [0.2, 0.25) is 0 Å². The summed E-state index contributed by atoms with van der Waals surface area (Å²) in [5.41, 5.74) is 6.78. The van der Waals surface area contributed by atoms with Gasteiger partial charge in [0.05, 0.1) is 16.9 Å². The fourth-order valence-corrected chi connectivity index (χ4v) is 3.34. The van der Waals surface area contributed by atoms with Gasteiger partial charge in [-0.25, -0.2) is 0 Å². The number of amidine groups is 1. The van der Waals surface area contributed by atoms with E-state index in [0.29, 0.717) is 48.4 Å². The molecule has 0 radical (unpaired) electrons. The zero-order valence-corrected chi connectivity index (χ0v) is 15.5. The third-order valence-corrected chi connectivity index (χ3v) is 5.01. The molecule has 0 bridgehead atoms. The molecule has 0 atom stereocenters. The zero-order chi connectivity index (χ0) is 18.2. The Kier molecular flexibility index (Phi) is 7.02. The van der Waals surface area contributed by atoms with Crippen molar-refractivity contribution in [2.45, 2.75) is 13.3 Å². The van der Waals surface area contributed by atoms with Gasteiger partial charge in [0.1, 0.15) is 5.84 Å². The van der Waals surface area contributed by atoms with Crippen molar-refractivity contribution in [3.8, 4) is 12.3 Å². The predicted molar refractivity (Wildman–Crippen MR) is 102 cm³/mol. The second kappa shape index (κ2) is 9.23. The summed E-state index contributed by atoms with van der Waals surface area (Å²) in [5.74, 6) is 4.58. The molecule has 1 saturated heterocycles. The largest absolute Gasteiger partial charge is 0.459 e. The summed E-state index contributed by atoms with van der Waals surface area (Å²) in [6, 6.07) is 3.39. The van der Waals surface area contributed by atoms with E-state index in [-0.39, 0.29) is 5.91 Å². The fraction of sp³-hybridized carbons (Fsp3) is 0.444. The molecule has 1 fully saturated rings. The van der Waals surface area contributed by atoms with Crippen molar-refractivity contribution in [1.82, 2.24) is 9.80 Å². The summed E-state index contributed by atoms with van der Waals surface area (Å²) in [4.78, 5) is 20.6. The van der Waals surface area contributed by atoms with Crippen LogP contribution in [0.4, 0.5) is 0 Å². The number of terminal acetylenes is 1. The van der Waals surface area contributed by atoms with E-state index < -0.39 is 0 Å². The Morgan fingerprint density at radius 3 is 2.60 bits per heavy atom. The number of rotatable bonds is 5. The average molecular weight is 360 g/mol. The lowest BCUT2D eigenvalue weighted by Crippen LogP contribution is -2.51. The van der Waals surface area contributed by atoms with Crippen LogP contribution in [0.1, 0.15) is 23.9 Å². The number of nitrogens with two attached hydrogens (primary N) is 1. The maximum atomic E-state index is 12.3. The molecule has 7 heteroatoms. The molecule has 134 valence electrons. The van der Waals surface area contributed by atoms with Crippen LogP contribution in [0, 0.1) is 12.3 Å². The van der Waals surface area contributed by atoms with Crippen LogP contribution < -0.4 is 5.73 Å². The van der Waals surface area contributed by atoms with E-state index in [9.17, 15) is 4.79 Å². The Bertz CT molecular complexity index is 680. The van der Waals surface area contributed by atoms with E-state index in [0.717, 1.165) is 12.2 Å². The minimum atomic E-state index is -0.0923. The third kappa shape index (κ3) is 4.60. The molecule has 1 amide bonds. The topological polar surface area (TPSA) is 75.1 Å². The summed E-state index contributed by atoms with van der Waals surface area (Å²) in [5, 5.41) is 0.624. The molecule has 2 rings (SSSR count). The van der Waals surface area contributed by atoms with E-state index in [2.05, 4.69) is 22.7 Å². The van der Waals surface area contributed by atoms with Gasteiger partial charge in [-0.05, 0) is 24.3 Å². The van der Waals surface area contributed by atoms with Crippen LogP contribution in [0.25, 0.3) is 0 Å². The van der Waals surface area contributed by atoms with Crippen molar-refractivity contribution in [2.75, 3.05) is 39.0 Å². The van der Waals surface area contributed by atoms with Gasteiger partial charge in [0.15, 0.2) is 5.76 Å². The Morgan fingerprint density at radius 1 is 1.40 bits per heavy atom. The molecule has 0 aliphatic carbocycles. The number of amides is 1. The normalized spacial score (nSPS) is 16.4. The van der Waals surface area contributed by atoms with Crippen molar-refractivity contribution in [3.05, 3.63) is 34.8 Å². The first-order chi connectivity index (χ1) is 12.1. The lowest BCUT2D eigenvalue weighted by Gasteiger charge is -2.36. The average Bonchev–Trinajstić information content (AvgIpc) is 3.18. The monoisotopic (exact) mass is 360 g/mol. The summed E-state index contributed by atoms with van der Waals surface area (Å²) in [7, 11) is 1.71. The van der Waals surface area contributed by atoms with Crippen LogP contribution in [-0.2, 0) is 0 Å². The standard InChI is InChI=1S/C18H24N4O2S/c1-4-13-25-16(19)14(5-2)17(20-3)21-8-10-22(11-9-21)18(23)15-7-6-12-24-15/h2,6-7,12H,4,8-11,13,19H2,1,3H3/b16-14+,20-17?. The molecule has 6 nitrogen and oxygen atoms in total.